The summed E-state index contributed by atoms with van der Waals surface area (Å²) in [4.78, 5) is 12.3. The first-order chi connectivity index (χ1) is 7.74. The summed E-state index contributed by atoms with van der Waals surface area (Å²) in [5.41, 5.74) is 2.56. The van der Waals surface area contributed by atoms with E-state index in [1.54, 1.807) is 11.3 Å². The van der Waals surface area contributed by atoms with Crippen LogP contribution in [-0.4, -0.2) is 12.8 Å². The molecule has 1 aromatic heterocycles. The molecule has 0 aliphatic carbocycles. The van der Waals surface area contributed by atoms with Crippen LogP contribution in [0.1, 0.15) is 21.5 Å². The Morgan fingerprint density at radius 1 is 1.25 bits per heavy atom. The Balaban J connectivity index is 2.45. The minimum atomic E-state index is 0.0868. The monoisotopic (exact) mass is 231 g/mol. The topological polar surface area (TPSA) is 29.1 Å². The van der Waals surface area contributed by atoms with E-state index in [2.05, 4.69) is 5.32 Å². The number of hydrogen-bond donors (Lipinski definition) is 1. The van der Waals surface area contributed by atoms with Crippen LogP contribution in [-0.2, 0) is 0 Å². The van der Waals surface area contributed by atoms with Gasteiger partial charge in [0.15, 0.2) is 5.78 Å². The lowest BCUT2D eigenvalue weighted by molar-refractivity contribution is 0.103. The average Bonchev–Trinajstić information content (AvgIpc) is 2.70. The van der Waals surface area contributed by atoms with Gasteiger partial charge in [0.25, 0.3) is 0 Å². The molecule has 1 aromatic carbocycles. The molecule has 16 heavy (non-hydrogen) atoms. The van der Waals surface area contributed by atoms with Crippen LogP contribution in [0.2, 0.25) is 0 Å². The van der Waals surface area contributed by atoms with Crippen LogP contribution in [0.15, 0.2) is 35.7 Å². The molecular formula is C13H13NOS. The summed E-state index contributed by atoms with van der Waals surface area (Å²) >= 11 is 1.57. The fraction of sp³-hybridized carbons (Fsp3) is 0.154. The Hall–Kier alpha value is -1.61. The van der Waals surface area contributed by atoms with Crippen molar-refractivity contribution in [2.45, 2.75) is 6.92 Å². The maximum absolute atomic E-state index is 12.3. The molecule has 0 amide bonds. The Labute approximate surface area is 98.9 Å². The molecular weight excluding hydrogens is 218 g/mol. The van der Waals surface area contributed by atoms with Crippen LogP contribution in [0.3, 0.4) is 0 Å². The van der Waals surface area contributed by atoms with Gasteiger partial charge in [0.1, 0.15) is 0 Å². The molecule has 0 radical (unpaired) electrons. The zero-order valence-corrected chi connectivity index (χ0v) is 10.1. The predicted molar refractivity (Wildman–Crippen MR) is 68.5 cm³/mol. The van der Waals surface area contributed by atoms with Gasteiger partial charge in [-0.05, 0) is 17.9 Å². The van der Waals surface area contributed by atoms with Crippen molar-refractivity contribution in [2.75, 3.05) is 12.4 Å². The summed E-state index contributed by atoms with van der Waals surface area (Å²) in [5.74, 6) is 0.0868. The molecule has 82 valence electrons. The molecule has 1 heterocycles. The molecule has 0 spiro atoms. The second-order valence-corrected chi connectivity index (χ2v) is 4.45. The summed E-state index contributed by atoms with van der Waals surface area (Å²) in [6.07, 6.45) is 0. The normalized spacial score (nSPS) is 10.1. The van der Waals surface area contributed by atoms with Gasteiger partial charge in [0.2, 0.25) is 0 Å². The number of rotatable bonds is 3. The Bertz CT molecular complexity index is 502. The van der Waals surface area contributed by atoms with E-state index in [0.29, 0.717) is 0 Å². The fourth-order valence-electron chi connectivity index (χ4n) is 1.64. The summed E-state index contributed by atoms with van der Waals surface area (Å²) in [6.45, 7) is 1.97. The standard InChI is InChI=1S/C13H13NOS/c1-9-8-16-13(14-2)11(9)12(15)10-6-4-3-5-7-10/h3-8,14H,1-2H3. The maximum atomic E-state index is 12.3. The Morgan fingerprint density at radius 3 is 2.56 bits per heavy atom. The van der Waals surface area contributed by atoms with Crippen LogP contribution >= 0.6 is 11.3 Å². The Kier molecular flexibility index (Phi) is 3.06. The molecule has 1 N–H and O–H groups in total. The van der Waals surface area contributed by atoms with Gasteiger partial charge >= 0.3 is 0 Å². The first-order valence-electron chi connectivity index (χ1n) is 5.09. The summed E-state index contributed by atoms with van der Waals surface area (Å²) < 4.78 is 0. The SMILES string of the molecule is CNc1scc(C)c1C(=O)c1ccccc1. The van der Waals surface area contributed by atoms with Gasteiger partial charge in [-0.3, -0.25) is 4.79 Å². The van der Waals surface area contributed by atoms with Gasteiger partial charge in [-0.25, -0.2) is 0 Å². The molecule has 0 bridgehead atoms. The number of carbonyl (C=O) groups is 1. The molecule has 0 unspecified atom stereocenters. The lowest BCUT2D eigenvalue weighted by Gasteiger charge is -2.04. The summed E-state index contributed by atoms with van der Waals surface area (Å²) in [5, 5.41) is 6.00. The van der Waals surface area contributed by atoms with Gasteiger partial charge in [0.05, 0.1) is 10.6 Å². The minimum Gasteiger partial charge on any atom is -0.379 e. The number of anilines is 1. The smallest absolute Gasteiger partial charge is 0.196 e. The lowest BCUT2D eigenvalue weighted by atomic mass is 10.0. The van der Waals surface area contributed by atoms with E-state index in [9.17, 15) is 4.79 Å². The third kappa shape index (κ3) is 1.86. The highest BCUT2D eigenvalue weighted by atomic mass is 32.1. The van der Waals surface area contributed by atoms with E-state index in [0.717, 1.165) is 21.7 Å². The number of hydrogen-bond acceptors (Lipinski definition) is 3. The van der Waals surface area contributed by atoms with E-state index in [-0.39, 0.29) is 5.78 Å². The molecule has 0 aliphatic rings. The van der Waals surface area contributed by atoms with E-state index in [1.165, 1.54) is 0 Å². The van der Waals surface area contributed by atoms with Gasteiger partial charge in [-0.15, -0.1) is 11.3 Å². The van der Waals surface area contributed by atoms with Crippen LogP contribution in [0.25, 0.3) is 0 Å². The second kappa shape index (κ2) is 4.49. The summed E-state index contributed by atoms with van der Waals surface area (Å²) in [6, 6.07) is 9.37. The number of aryl methyl sites for hydroxylation is 1. The van der Waals surface area contributed by atoms with E-state index in [1.807, 2.05) is 49.7 Å². The number of benzene rings is 1. The molecule has 0 saturated heterocycles. The van der Waals surface area contributed by atoms with Crippen molar-refractivity contribution in [2.24, 2.45) is 0 Å². The number of thiophene rings is 1. The highest BCUT2D eigenvalue weighted by Crippen LogP contribution is 2.29. The lowest BCUT2D eigenvalue weighted by Crippen LogP contribution is -2.04. The summed E-state index contributed by atoms with van der Waals surface area (Å²) in [7, 11) is 1.84. The molecule has 0 fully saturated rings. The largest absolute Gasteiger partial charge is 0.379 e. The quantitative estimate of drug-likeness (QED) is 0.821. The molecule has 0 saturated carbocycles. The van der Waals surface area contributed by atoms with E-state index >= 15 is 0 Å². The van der Waals surface area contributed by atoms with Crippen molar-refractivity contribution in [3.63, 3.8) is 0 Å². The van der Waals surface area contributed by atoms with Crippen LogP contribution in [0, 0.1) is 6.92 Å². The van der Waals surface area contributed by atoms with Crippen LogP contribution in [0.5, 0.6) is 0 Å². The fourth-order valence-corrected chi connectivity index (χ4v) is 2.55. The van der Waals surface area contributed by atoms with Crippen LogP contribution in [0.4, 0.5) is 5.00 Å². The van der Waals surface area contributed by atoms with E-state index in [4.69, 9.17) is 0 Å². The number of nitrogens with one attached hydrogen (secondary N) is 1. The maximum Gasteiger partial charge on any atom is 0.196 e. The van der Waals surface area contributed by atoms with Crippen molar-refractivity contribution in [3.05, 3.63) is 52.4 Å². The predicted octanol–water partition coefficient (Wildman–Crippen LogP) is 3.33. The van der Waals surface area contributed by atoms with Crippen molar-refractivity contribution in [1.82, 2.24) is 0 Å². The third-order valence-corrected chi connectivity index (χ3v) is 3.58. The molecule has 0 atom stereocenters. The molecule has 2 aromatic rings. The Morgan fingerprint density at radius 2 is 1.94 bits per heavy atom. The first kappa shape index (κ1) is 10.9. The van der Waals surface area contributed by atoms with Crippen LogP contribution < -0.4 is 5.32 Å². The molecule has 3 heteroatoms. The minimum absolute atomic E-state index is 0.0868. The van der Waals surface area contributed by atoms with Gasteiger partial charge in [0, 0.05) is 12.6 Å². The van der Waals surface area contributed by atoms with Crippen molar-refractivity contribution < 1.29 is 4.79 Å². The zero-order chi connectivity index (χ0) is 11.5. The highest BCUT2D eigenvalue weighted by Gasteiger charge is 2.17. The third-order valence-electron chi connectivity index (χ3n) is 2.47. The van der Waals surface area contributed by atoms with Crippen molar-refractivity contribution in [3.8, 4) is 0 Å². The van der Waals surface area contributed by atoms with Gasteiger partial charge in [-0.1, -0.05) is 30.3 Å². The zero-order valence-electron chi connectivity index (χ0n) is 9.28. The van der Waals surface area contributed by atoms with Gasteiger partial charge < -0.3 is 5.32 Å². The molecule has 2 rings (SSSR count). The molecule has 2 nitrogen and oxygen atoms in total. The second-order valence-electron chi connectivity index (χ2n) is 3.57. The number of ketones is 1. The van der Waals surface area contributed by atoms with Gasteiger partial charge in [-0.2, -0.15) is 0 Å². The molecule has 0 aliphatic heterocycles. The first-order valence-corrected chi connectivity index (χ1v) is 5.97. The van der Waals surface area contributed by atoms with Crippen molar-refractivity contribution >= 4 is 22.1 Å². The highest BCUT2D eigenvalue weighted by molar-refractivity contribution is 7.14. The number of carbonyl (C=O) groups excluding carboxylic acids is 1. The van der Waals surface area contributed by atoms with E-state index < -0.39 is 0 Å². The average molecular weight is 231 g/mol. The van der Waals surface area contributed by atoms with Crippen molar-refractivity contribution in [1.29, 1.82) is 0 Å².